The van der Waals surface area contributed by atoms with Crippen LogP contribution in [-0.2, 0) is 16.4 Å². The van der Waals surface area contributed by atoms with Crippen molar-refractivity contribution in [3.63, 3.8) is 0 Å². The van der Waals surface area contributed by atoms with E-state index < -0.39 is 21.9 Å². The molecule has 0 aliphatic rings. The summed E-state index contributed by atoms with van der Waals surface area (Å²) in [7, 11) is -3.80. The predicted octanol–water partition coefficient (Wildman–Crippen LogP) is 5.83. The predicted molar refractivity (Wildman–Crippen MR) is 116 cm³/mol. The molecule has 3 rings (SSSR count). The summed E-state index contributed by atoms with van der Waals surface area (Å²) in [6.45, 7) is 1.82. The van der Waals surface area contributed by atoms with E-state index in [9.17, 15) is 12.8 Å². The molecule has 3 nitrogen and oxygen atoms in total. The average Bonchev–Trinajstić information content (AvgIpc) is 2.68. The fourth-order valence-electron chi connectivity index (χ4n) is 3.18. The van der Waals surface area contributed by atoms with E-state index in [4.69, 9.17) is 23.2 Å². The highest BCUT2D eigenvalue weighted by Crippen LogP contribution is 2.27. The van der Waals surface area contributed by atoms with Crippen LogP contribution < -0.4 is 4.72 Å². The molecule has 0 saturated carbocycles. The van der Waals surface area contributed by atoms with Crippen molar-refractivity contribution in [2.75, 3.05) is 0 Å². The largest absolute Gasteiger partial charge is 0.240 e. The standard InChI is InChI=1S/C22H20Cl2FNO2S/c1-15(26-29(27,28)21-12-10-20(25)11-13-21)22(17-4-8-19(24)9-5-17)14-16-2-6-18(23)7-3-16/h2-13,15,22,26H,14H2,1H3. The molecule has 0 aromatic heterocycles. The zero-order valence-corrected chi connectivity index (χ0v) is 18.0. The molecule has 0 fully saturated rings. The van der Waals surface area contributed by atoms with Crippen LogP contribution in [0.25, 0.3) is 0 Å². The first-order chi connectivity index (χ1) is 13.7. The van der Waals surface area contributed by atoms with Gasteiger partial charge in [-0.3, -0.25) is 0 Å². The van der Waals surface area contributed by atoms with Crippen molar-refractivity contribution in [1.82, 2.24) is 4.72 Å². The van der Waals surface area contributed by atoms with Crippen LogP contribution in [0.1, 0.15) is 24.0 Å². The minimum atomic E-state index is -3.80. The maximum atomic E-state index is 13.2. The maximum absolute atomic E-state index is 13.2. The van der Waals surface area contributed by atoms with Crippen LogP contribution in [0.5, 0.6) is 0 Å². The highest BCUT2D eigenvalue weighted by atomic mass is 35.5. The topological polar surface area (TPSA) is 46.2 Å². The van der Waals surface area contributed by atoms with Gasteiger partial charge in [0.1, 0.15) is 5.82 Å². The Balaban J connectivity index is 1.88. The number of halogens is 3. The molecule has 7 heteroatoms. The molecule has 29 heavy (non-hydrogen) atoms. The van der Waals surface area contributed by atoms with E-state index in [-0.39, 0.29) is 10.8 Å². The van der Waals surface area contributed by atoms with E-state index in [2.05, 4.69) is 4.72 Å². The van der Waals surface area contributed by atoms with E-state index in [1.54, 1.807) is 12.1 Å². The van der Waals surface area contributed by atoms with Crippen LogP contribution in [-0.4, -0.2) is 14.5 Å². The molecule has 0 aliphatic heterocycles. The number of rotatable bonds is 7. The van der Waals surface area contributed by atoms with Gasteiger partial charge < -0.3 is 0 Å². The molecule has 0 spiro atoms. The molecule has 0 radical (unpaired) electrons. The smallest absolute Gasteiger partial charge is 0.208 e. The van der Waals surface area contributed by atoms with Crippen LogP contribution in [0.15, 0.2) is 77.7 Å². The van der Waals surface area contributed by atoms with Gasteiger partial charge in [0.15, 0.2) is 0 Å². The Morgan fingerprint density at radius 2 is 1.38 bits per heavy atom. The number of benzene rings is 3. The van der Waals surface area contributed by atoms with Crippen LogP contribution in [0.4, 0.5) is 4.39 Å². The Bertz CT molecular complexity index is 1050. The molecule has 0 saturated heterocycles. The summed E-state index contributed by atoms with van der Waals surface area (Å²) in [6.07, 6.45) is 0.603. The van der Waals surface area contributed by atoms with E-state index in [0.717, 1.165) is 23.3 Å². The van der Waals surface area contributed by atoms with Crippen molar-refractivity contribution in [3.05, 3.63) is 99.8 Å². The summed E-state index contributed by atoms with van der Waals surface area (Å²) in [6, 6.07) is 19.2. The molecule has 3 aromatic carbocycles. The van der Waals surface area contributed by atoms with Gasteiger partial charge in [-0.15, -0.1) is 0 Å². The minimum Gasteiger partial charge on any atom is -0.208 e. The first-order valence-electron chi connectivity index (χ1n) is 9.02. The number of hydrogen-bond acceptors (Lipinski definition) is 2. The monoisotopic (exact) mass is 451 g/mol. The molecule has 2 unspecified atom stereocenters. The Kier molecular flexibility index (Phi) is 6.96. The van der Waals surface area contributed by atoms with Gasteiger partial charge in [-0.1, -0.05) is 47.5 Å². The lowest BCUT2D eigenvalue weighted by molar-refractivity contribution is 0.503. The van der Waals surface area contributed by atoms with Gasteiger partial charge in [0.25, 0.3) is 0 Å². The van der Waals surface area contributed by atoms with Gasteiger partial charge in [0.05, 0.1) is 4.90 Å². The molecule has 1 N–H and O–H groups in total. The summed E-state index contributed by atoms with van der Waals surface area (Å²) in [5.74, 6) is -0.637. The maximum Gasteiger partial charge on any atom is 0.240 e. The molecule has 3 aromatic rings. The minimum absolute atomic E-state index is 0.0205. The number of nitrogens with one attached hydrogen (secondary N) is 1. The molecule has 0 amide bonds. The second-order valence-electron chi connectivity index (χ2n) is 6.85. The SMILES string of the molecule is CC(NS(=O)(=O)c1ccc(F)cc1)C(Cc1ccc(Cl)cc1)c1ccc(Cl)cc1. The fraction of sp³-hybridized carbons (Fsp3) is 0.182. The third-order valence-electron chi connectivity index (χ3n) is 4.74. The average molecular weight is 452 g/mol. The highest BCUT2D eigenvalue weighted by molar-refractivity contribution is 7.89. The number of sulfonamides is 1. The molecule has 2 atom stereocenters. The fourth-order valence-corrected chi connectivity index (χ4v) is 4.71. The van der Waals surface area contributed by atoms with E-state index >= 15 is 0 Å². The van der Waals surface area contributed by atoms with Crippen LogP contribution >= 0.6 is 23.2 Å². The van der Waals surface area contributed by atoms with Crippen LogP contribution in [0.2, 0.25) is 10.0 Å². The van der Waals surface area contributed by atoms with Crippen molar-refractivity contribution in [1.29, 1.82) is 0 Å². The lowest BCUT2D eigenvalue weighted by Crippen LogP contribution is -2.37. The Hall–Kier alpha value is -1.92. The zero-order chi connectivity index (χ0) is 21.0. The van der Waals surface area contributed by atoms with Gasteiger partial charge in [-0.05, 0) is 73.0 Å². The van der Waals surface area contributed by atoms with Gasteiger partial charge in [-0.2, -0.15) is 0 Å². The Morgan fingerprint density at radius 3 is 1.93 bits per heavy atom. The third kappa shape index (κ3) is 5.80. The van der Waals surface area contributed by atoms with E-state index in [1.165, 1.54) is 12.1 Å². The zero-order valence-electron chi connectivity index (χ0n) is 15.6. The summed E-state index contributed by atoms with van der Waals surface area (Å²) >= 11 is 12.0. The van der Waals surface area contributed by atoms with Crippen LogP contribution in [0.3, 0.4) is 0 Å². The second-order valence-corrected chi connectivity index (χ2v) is 9.44. The van der Waals surface area contributed by atoms with Gasteiger partial charge in [0, 0.05) is 22.0 Å². The molecule has 0 bridgehead atoms. The summed E-state index contributed by atoms with van der Waals surface area (Å²) in [5.41, 5.74) is 1.99. The van der Waals surface area contributed by atoms with Crippen molar-refractivity contribution in [2.45, 2.75) is 30.2 Å². The number of hydrogen-bond donors (Lipinski definition) is 1. The molecular formula is C22H20Cl2FNO2S. The Labute approximate surface area is 180 Å². The first kappa shape index (κ1) is 21.8. The second kappa shape index (κ2) is 9.26. The molecular weight excluding hydrogens is 432 g/mol. The normalized spacial score (nSPS) is 13.8. The van der Waals surface area contributed by atoms with E-state index in [0.29, 0.717) is 16.5 Å². The molecule has 152 valence electrons. The van der Waals surface area contributed by atoms with Gasteiger partial charge in [-0.25, -0.2) is 17.5 Å². The van der Waals surface area contributed by atoms with Crippen molar-refractivity contribution >= 4 is 33.2 Å². The van der Waals surface area contributed by atoms with Crippen molar-refractivity contribution < 1.29 is 12.8 Å². The molecule has 0 aliphatic carbocycles. The van der Waals surface area contributed by atoms with Crippen molar-refractivity contribution in [2.24, 2.45) is 0 Å². The van der Waals surface area contributed by atoms with Gasteiger partial charge >= 0.3 is 0 Å². The quantitative estimate of drug-likeness (QED) is 0.491. The van der Waals surface area contributed by atoms with Gasteiger partial charge in [0.2, 0.25) is 10.0 Å². The summed E-state index contributed by atoms with van der Waals surface area (Å²) < 4.78 is 41.4. The Morgan fingerprint density at radius 1 is 0.862 bits per heavy atom. The summed E-state index contributed by atoms with van der Waals surface area (Å²) in [5, 5.41) is 1.25. The van der Waals surface area contributed by atoms with Crippen molar-refractivity contribution in [3.8, 4) is 0 Å². The highest BCUT2D eigenvalue weighted by Gasteiger charge is 2.25. The first-order valence-corrected chi connectivity index (χ1v) is 11.3. The summed E-state index contributed by atoms with van der Waals surface area (Å²) in [4.78, 5) is 0.0205. The lowest BCUT2D eigenvalue weighted by Gasteiger charge is -2.26. The third-order valence-corrected chi connectivity index (χ3v) is 6.81. The van der Waals surface area contributed by atoms with E-state index in [1.807, 2.05) is 43.3 Å². The van der Waals surface area contributed by atoms with Crippen LogP contribution in [0, 0.1) is 5.82 Å². The lowest BCUT2D eigenvalue weighted by atomic mass is 9.87. The molecule has 0 heterocycles.